The number of aromatic nitrogens is 4. The first-order valence-corrected chi connectivity index (χ1v) is 6.65. The molecule has 1 atom stereocenters. The summed E-state index contributed by atoms with van der Waals surface area (Å²) in [5, 5.41) is 8.61. The van der Waals surface area contributed by atoms with Crippen LogP contribution in [0.5, 0.6) is 0 Å². The van der Waals surface area contributed by atoms with Gasteiger partial charge in [0, 0.05) is 21.1 Å². The second-order valence-electron chi connectivity index (χ2n) is 4.43. The lowest BCUT2D eigenvalue weighted by Gasteiger charge is -2.07. The van der Waals surface area contributed by atoms with Crippen molar-refractivity contribution >= 4 is 28.9 Å². The van der Waals surface area contributed by atoms with Gasteiger partial charge in [0.15, 0.2) is 16.3 Å². The molecule has 0 aliphatic heterocycles. The predicted molar refractivity (Wildman–Crippen MR) is 74.2 cm³/mol. The maximum Gasteiger partial charge on any atom is 0.332 e. The van der Waals surface area contributed by atoms with Crippen molar-refractivity contribution in [3.63, 3.8) is 0 Å². The van der Waals surface area contributed by atoms with E-state index in [0.29, 0.717) is 10.8 Å². The fraction of sp³-hybridized carbons (Fsp3) is 0.455. The first kappa shape index (κ1) is 14.4. The minimum atomic E-state index is -0.969. The van der Waals surface area contributed by atoms with Gasteiger partial charge in [0.25, 0.3) is 5.56 Å². The Kier molecular flexibility index (Phi) is 3.46. The Morgan fingerprint density at radius 3 is 2.35 bits per heavy atom. The van der Waals surface area contributed by atoms with Crippen LogP contribution in [-0.4, -0.2) is 35.0 Å². The Labute approximate surface area is 117 Å². The van der Waals surface area contributed by atoms with Gasteiger partial charge in [0.1, 0.15) is 5.25 Å². The van der Waals surface area contributed by atoms with Gasteiger partial charge in [-0.05, 0) is 6.92 Å². The van der Waals surface area contributed by atoms with E-state index in [9.17, 15) is 14.4 Å². The zero-order valence-corrected chi connectivity index (χ0v) is 12.3. The van der Waals surface area contributed by atoms with E-state index in [1.54, 1.807) is 18.7 Å². The monoisotopic (exact) mass is 298 g/mol. The van der Waals surface area contributed by atoms with Crippen molar-refractivity contribution in [2.45, 2.75) is 17.3 Å². The number of carbonyl (C=O) groups is 1. The predicted octanol–water partition coefficient (Wildman–Crippen LogP) is -0.464. The van der Waals surface area contributed by atoms with Gasteiger partial charge in [-0.2, -0.15) is 0 Å². The highest BCUT2D eigenvalue weighted by Gasteiger charge is 2.21. The van der Waals surface area contributed by atoms with Crippen molar-refractivity contribution in [1.82, 2.24) is 18.7 Å². The highest BCUT2D eigenvalue weighted by atomic mass is 32.2. The number of carboxylic acids is 1. The Morgan fingerprint density at radius 1 is 1.20 bits per heavy atom. The largest absolute Gasteiger partial charge is 0.480 e. The zero-order valence-electron chi connectivity index (χ0n) is 11.4. The molecule has 0 amide bonds. The molecule has 0 radical (unpaired) electrons. The molecule has 0 saturated carbocycles. The number of aryl methyl sites for hydroxylation is 2. The van der Waals surface area contributed by atoms with Gasteiger partial charge in [0.2, 0.25) is 0 Å². The molecule has 9 heteroatoms. The van der Waals surface area contributed by atoms with Crippen LogP contribution in [0, 0.1) is 0 Å². The van der Waals surface area contributed by atoms with Gasteiger partial charge in [-0.3, -0.25) is 18.7 Å². The van der Waals surface area contributed by atoms with Crippen LogP contribution in [0.3, 0.4) is 0 Å². The van der Waals surface area contributed by atoms with Crippen molar-refractivity contribution in [2.24, 2.45) is 21.1 Å². The Hall–Kier alpha value is -2.03. The Balaban J connectivity index is 2.74. The summed E-state index contributed by atoms with van der Waals surface area (Å²) >= 11 is 1.02. The number of hydrogen-bond donors (Lipinski definition) is 1. The van der Waals surface area contributed by atoms with E-state index in [-0.39, 0.29) is 5.52 Å². The van der Waals surface area contributed by atoms with E-state index < -0.39 is 22.5 Å². The molecule has 0 spiro atoms. The van der Waals surface area contributed by atoms with Gasteiger partial charge < -0.3 is 9.67 Å². The molecule has 0 bridgehead atoms. The molecule has 0 fully saturated rings. The summed E-state index contributed by atoms with van der Waals surface area (Å²) in [4.78, 5) is 39.0. The van der Waals surface area contributed by atoms with Gasteiger partial charge in [-0.15, -0.1) is 0 Å². The van der Waals surface area contributed by atoms with E-state index in [1.807, 2.05) is 0 Å². The number of thioether (sulfide) groups is 1. The molecular formula is C11H14N4O4S. The van der Waals surface area contributed by atoms with Crippen LogP contribution in [-0.2, 0) is 25.9 Å². The molecule has 0 aromatic carbocycles. The number of nitrogens with zero attached hydrogens (tertiary/aromatic N) is 4. The summed E-state index contributed by atoms with van der Waals surface area (Å²) in [6, 6.07) is 0. The topological polar surface area (TPSA) is 99.1 Å². The summed E-state index contributed by atoms with van der Waals surface area (Å²) < 4.78 is 3.85. The first-order valence-electron chi connectivity index (χ1n) is 5.77. The van der Waals surface area contributed by atoms with E-state index in [4.69, 9.17) is 5.11 Å². The highest BCUT2D eigenvalue weighted by molar-refractivity contribution is 8.00. The lowest BCUT2D eigenvalue weighted by molar-refractivity contribution is -0.136. The van der Waals surface area contributed by atoms with E-state index in [0.717, 1.165) is 16.3 Å². The number of hydrogen-bond acceptors (Lipinski definition) is 5. The molecule has 0 unspecified atom stereocenters. The normalized spacial score (nSPS) is 12.8. The zero-order chi connectivity index (χ0) is 15.2. The Bertz CT molecular complexity index is 816. The van der Waals surface area contributed by atoms with Gasteiger partial charge in [0.05, 0.1) is 0 Å². The fourth-order valence-corrected chi connectivity index (χ4v) is 2.68. The summed E-state index contributed by atoms with van der Waals surface area (Å²) in [5.41, 5.74) is -0.419. The average Bonchev–Trinajstić information content (AvgIpc) is 2.71. The van der Waals surface area contributed by atoms with Crippen molar-refractivity contribution in [3.05, 3.63) is 20.8 Å². The standard InChI is InChI=1S/C11H14N4O4S/c1-5(9(17)18)20-10-12-6-7(13(10)2)14(3)11(19)15(4)8(6)16/h5H,1-4H3,(H,17,18)/t5-/m1/s1. The van der Waals surface area contributed by atoms with Crippen molar-refractivity contribution in [2.75, 3.05) is 0 Å². The SMILES string of the molecule is C[C@@H](Sc1nc2c(=O)n(C)c(=O)n(C)c2n1C)C(=O)O. The number of rotatable bonds is 3. The van der Waals surface area contributed by atoms with E-state index in [2.05, 4.69) is 4.98 Å². The second kappa shape index (κ2) is 4.82. The third-order valence-electron chi connectivity index (χ3n) is 3.05. The minimum absolute atomic E-state index is 0.150. The van der Waals surface area contributed by atoms with Crippen LogP contribution in [0.2, 0.25) is 0 Å². The van der Waals surface area contributed by atoms with Crippen LogP contribution in [0.15, 0.2) is 14.7 Å². The number of imidazole rings is 1. The fourth-order valence-electron chi connectivity index (χ4n) is 1.87. The third-order valence-corrected chi connectivity index (χ3v) is 4.18. The number of aliphatic carboxylic acids is 1. The highest BCUT2D eigenvalue weighted by Crippen LogP contribution is 2.24. The van der Waals surface area contributed by atoms with Crippen molar-refractivity contribution < 1.29 is 9.90 Å². The molecule has 108 valence electrons. The van der Waals surface area contributed by atoms with E-state index >= 15 is 0 Å². The van der Waals surface area contributed by atoms with Gasteiger partial charge in [-0.1, -0.05) is 11.8 Å². The van der Waals surface area contributed by atoms with Crippen LogP contribution in [0.4, 0.5) is 0 Å². The molecule has 0 aliphatic carbocycles. The van der Waals surface area contributed by atoms with E-state index in [1.165, 1.54) is 18.5 Å². The summed E-state index contributed by atoms with van der Waals surface area (Å²) in [5.74, 6) is -0.969. The summed E-state index contributed by atoms with van der Waals surface area (Å²) in [6.45, 7) is 1.53. The lowest BCUT2D eigenvalue weighted by atomic mass is 10.5. The van der Waals surface area contributed by atoms with Crippen molar-refractivity contribution in [1.29, 1.82) is 0 Å². The molecular weight excluding hydrogens is 284 g/mol. The average molecular weight is 298 g/mol. The van der Waals surface area contributed by atoms with Crippen LogP contribution >= 0.6 is 11.8 Å². The quantitative estimate of drug-likeness (QED) is 0.770. The molecule has 2 aromatic heterocycles. The molecule has 20 heavy (non-hydrogen) atoms. The van der Waals surface area contributed by atoms with Gasteiger partial charge >= 0.3 is 11.7 Å². The maximum atomic E-state index is 12.0. The molecule has 0 aliphatic rings. The smallest absolute Gasteiger partial charge is 0.332 e. The minimum Gasteiger partial charge on any atom is -0.480 e. The van der Waals surface area contributed by atoms with Crippen LogP contribution < -0.4 is 11.2 Å². The lowest BCUT2D eigenvalue weighted by Crippen LogP contribution is -2.37. The summed E-state index contributed by atoms with van der Waals surface area (Å²) in [6.07, 6.45) is 0. The summed E-state index contributed by atoms with van der Waals surface area (Å²) in [7, 11) is 4.57. The molecule has 1 N–H and O–H groups in total. The molecule has 2 heterocycles. The van der Waals surface area contributed by atoms with Crippen molar-refractivity contribution in [3.8, 4) is 0 Å². The molecule has 2 rings (SSSR count). The molecule has 0 saturated heterocycles. The second-order valence-corrected chi connectivity index (χ2v) is 5.74. The first-order chi connectivity index (χ1) is 9.25. The molecule has 2 aromatic rings. The van der Waals surface area contributed by atoms with Crippen LogP contribution in [0.1, 0.15) is 6.92 Å². The maximum absolute atomic E-state index is 12.0. The Morgan fingerprint density at radius 2 is 1.80 bits per heavy atom. The third kappa shape index (κ3) is 2.03. The number of fused-ring (bicyclic) bond motifs is 1. The van der Waals surface area contributed by atoms with Gasteiger partial charge in [-0.25, -0.2) is 9.78 Å². The number of carboxylic acid groups (broad SMARTS) is 1. The van der Waals surface area contributed by atoms with Crippen LogP contribution in [0.25, 0.3) is 11.2 Å². The molecule has 8 nitrogen and oxygen atoms in total.